The van der Waals surface area contributed by atoms with Crippen LogP contribution in [0, 0.1) is 6.92 Å². The topological polar surface area (TPSA) is 50.9 Å². The van der Waals surface area contributed by atoms with Crippen LogP contribution in [-0.2, 0) is 6.54 Å². The molecule has 1 aromatic heterocycles. The smallest absolute Gasteiger partial charge is 0.107 e. The Morgan fingerprint density at radius 3 is 3.00 bits per heavy atom. The van der Waals surface area contributed by atoms with Crippen LogP contribution in [0.1, 0.15) is 30.5 Å². The molecule has 0 saturated heterocycles. The highest BCUT2D eigenvalue weighted by molar-refractivity contribution is 7.09. The second kappa shape index (κ2) is 6.11. The van der Waals surface area contributed by atoms with E-state index in [1.807, 2.05) is 6.92 Å². The molecule has 0 aliphatic carbocycles. The minimum atomic E-state index is 0.279. The van der Waals surface area contributed by atoms with Crippen molar-refractivity contribution in [3.63, 3.8) is 0 Å². The van der Waals surface area contributed by atoms with Crippen molar-refractivity contribution in [3.05, 3.63) is 16.1 Å². The molecular weight excluding hydrogens is 194 g/mol. The average molecular weight is 213 g/mol. The van der Waals surface area contributed by atoms with Crippen LogP contribution < -0.4 is 11.1 Å². The quantitative estimate of drug-likeness (QED) is 0.756. The summed E-state index contributed by atoms with van der Waals surface area (Å²) in [4.78, 5) is 4.37. The molecule has 1 aromatic rings. The summed E-state index contributed by atoms with van der Waals surface area (Å²) >= 11 is 1.70. The van der Waals surface area contributed by atoms with Crippen LogP contribution >= 0.6 is 11.3 Å². The first-order valence-corrected chi connectivity index (χ1v) is 5.97. The summed E-state index contributed by atoms with van der Waals surface area (Å²) < 4.78 is 0. The molecule has 0 spiro atoms. The van der Waals surface area contributed by atoms with E-state index < -0.39 is 0 Å². The fraction of sp³-hybridized carbons (Fsp3) is 0.700. The van der Waals surface area contributed by atoms with Gasteiger partial charge in [-0.15, -0.1) is 11.3 Å². The Morgan fingerprint density at radius 2 is 2.43 bits per heavy atom. The third kappa shape index (κ3) is 4.17. The predicted octanol–water partition coefficient (Wildman–Crippen LogP) is 1.67. The Morgan fingerprint density at radius 1 is 1.64 bits per heavy atom. The molecule has 0 aliphatic heterocycles. The number of thiazole rings is 1. The number of rotatable bonds is 6. The number of hydrogen-bond donors (Lipinski definition) is 2. The van der Waals surface area contributed by atoms with E-state index in [4.69, 9.17) is 5.73 Å². The van der Waals surface area contributed by atoms with E-state index in [1.165, 1.54) is 0 Å². The van der Waals surface area contributed by atoms with Crippen molar-refractivity contribution in [2.45, 2.75) is 39.3 Å². The standard InChI is InChI=1S/C10H19N3S/c1-3-4-9(11)5-12-6-10-13-8(2)7-14-10/h7,9,12H,3-6,11H2,1-2H3. The molecule has 4 heteroatoms. The zero-order chi connectivity index (χ0) is 10.4. The van der Waals surface area contributed by atoms with Crippen LogP contribution in [0.5, 0.6) is 0 Å². The average Bonchev–Trinajstić information content (AvgIpc) is 2.52. The highest BCUT2D eigenvalue weighted by Crippen LogP contribution is 2.07. The van der Waals surface area contributed by atoms with Gasteiger partial charge >= 0.3 is 0 Å². The lowest BCUT2D eigenvalue weighted by atomic mass is 10.2. The molecule has 0 bridgehead atoms. The van der Waals surface area contributed by atoms with E-state index >= 15 is 0 Å². The van der Waals surface area contributed by atoms with Gasteiger partial charge in [-0.2, -0.15) is 0 Å². The van der Waals surface area contributed by atoms with Gasteiger partial charge in [0.15, 0.2) is 0 Å². The maximum atomic E-state index is 5.87. The van der Waals surface area contributed by atoms with Gasteiger partial charge in [-0.1, -0.05) is 13.3 Å². The Kier molecular flexibility index (Phi) is 5.07. The molecule has 0 fully saturated rings. The zero-order valence-electron chi connectivity index (χ0n) is 8.92. The Hall–Kier alpha value is -0.450. The van der Waals surface area contributed by atoms with E-state index in [0.29, 0.717) is 0 Å². The van der Waals surface area contributed by atoms with Crippen LogP contribution in [0.3, 0.4) is 0 Å². The summed E-state index contributed by atoms with van der Waals surface area (Å²) in [6, 6.07) is 0.279. The molecule has 1 atom stereocenters. The van der Waals surface area contributed by atoms with Gasteiger partial charge in [-0.25, -0.2) is 4.98 Å². The van der Waals surface area contributed by atoms with Gasteiger partial charge in [-0.3, -0.25) is 0 Å². The molecule has 14 heavy (non-hydrogen) atoms. The van der Waals surface area contributed by atoms with Crippen molar-refractivity contribution in [3.8, 4) is 0 Å². The van der Waals surface area contributed by atoms with E-state index in [1.54, 1.807) is 11.3 Å². The first-order chi connectivity index (χ1) is 6.72. The SMILES string of the molecule is CCCC(N)CNCc1nc(C)cs1. The molecule has 0 aromatic carbocycles. The number of nitrogens with zero attached hydrogens (tertiary/aromatic N) is 1. The summed E-state index contributed by atoms with van der Waals surface area (Å²) in [7, 11) is 0. The molecule has 0 amide bonds. The van der Waals surface area contributed by atoms with Crippen molar-refractivity contribution in [2.24, 2.45) is 5.73 Å². The normalized spacial score (nSPS) is 13.1. The lowest BCUT2D eigenvalue weighted by Gasteiger charge is -2.10. The first-order valence-electron chi connectivity index (χ1n) is 5.09. The van der Waals surface area contributed by atoms with Crippen LogP contribution in [0.15, 0.2) is 5.38 Å². The molecule has 1 unspecified atom stereocenters. The summed E-state index contributed by atoms with van der Waals surface area (Å²) in [5, 5.41) is 6.54. The molecular formula is C10H19N3S. The first kappa shape index (κ1) is 11.6. The fourth-order valence-electron chi connectivity index (χ4n) is 1.32. The number of nitrogens with two attached hydrogens (primary N) is 1. The van der Waals surface area contributed by atoms with Gasteiger partial charge in [0.25, 0.3) is 0 Å². The lowest BCUT2D eigenvalue weighted by Crippen LogP contribution is -2.33. The van der Waals surface area contributed by atoms with Gasteiger partial charge in [0.2, 0.25) is 0 Å². The monoisotopic (exact) mass is 213 g/mol. The summed E-state index contributed by atoms with van der Waals surface area (Å²) in [6.45, 7) is 5.90. The largest absolute Gasteiger partial charge is 0.327 e. The van der Waals surface area contributed by atoms with Gasteiger partial charge in [0, 0.05) is 30.2 Å². The Balaban J connectivity index is 2.15. The number of aryl methyl sites for hydroxylation is 1. The minimum absolute atomic E-state index is 0.279. The predicted molar refractivity (Wildman–Crippen MR) is 61.4 cm³/mol. The second-order valence-corrected chi connectivity index (χ2v) is 4.50. The van der Waals surface area contributed by atoms with E-state index in [2.05, 4.69) is 22.6 Å². The Labute approximate surface area is 89.7 Å². The summed E-state index contributed by atoms with van der Waals surface area (Å²) in [5.74, 6) is 0. The van der Waals surface area contributed by atoms with Crippen LogP contribution in [0.2, 0.25) is 0 Å². The number of hydrogen-bond acceptors (Lipinski definition) is 4. The lowest BCUT2D eigenvalue weighted by molar-refractivity contribution is 0.538. The number of aromatic nitrogens is 1. The molecule has 80 valence electrons. The maximum absolute atomic E-state index is 5.87. The highest BCUT2D eigenvalue weighted by atomic mass is 32.1. The van der Waals surface area contributed by atoms with Crippen LogP contribution in [0.25, 0.3) is 0 Å². The van der Waals surface area contributed by atoms with Crippen molar-refractivity contribution >= 4 is 11.3 Å². The van der Waals surface area contributed by atoms with Crippen molar-refractivity contribution in [1.82, 2.24) is 10.3 Å². The third-order valence-corrected chi connectivity index (χ3v) is 2.98. The van der Waals surface area contributed by atoms with Gasteiger partial charge < -0.3 is 11.1 Å². The molecule has 3 nitrogen and oxygen atoms in total. The minimum Gasteiger partial charge on any atom is -0.327 e. The summed E-state index contributed by atoms with van der Waals surface area (Å²) in [5.41, 5.74) is 6.98. The highest BCUT2D eigenvalue weighted by Gasteiger charge is 2.01. The van der Waals surface area contributed by atoms with E-state index in [-0.39, 0.29) is 6.04 Å². The van der Waals surface area contributed by atoms with Crippen molar-refractivity contribution < 1.29 is 0 Å². The molecule has 3 N–H and O–H groups in total. The third-order valence-electron chi connectivity index (χ3n) is 2.01. The molecule has 1 rings (SSSR count). The Bertz CT molecular complexity index is 260. The van der Waals surface area contributed by atoms with Crippen LogP contribution in [0.4, 0.5) is 0 Å². The van der Waals surface area contributed by atoms with E-state index in [0.717, 1.165) is 36.6 Å². The summed E-state index contributed by atoms with van der Waals surface area (Å²) in [6.07, 6.45) is 2.24. The maximum Gasteiger partial charge on any atom is 0.107 e. The molecule has 1 heterocycles. The molecule has 0 radical (unpaired) electrons. The molecule has 0 aliphatic rings. The fourth-order valence-corrected chi connectivity index (χ4v) is 2.06. The zero-order valence-corrected chi connectivity index (χ0v) is 9.73. The van der Waals surface area contributed by atoms with Gasteiger partial charge in [0.1, 0.15) is 5.01 Å². The van der Waals surface area contributed by atoms with Crippen LogP contribution in [-0.4, -0.2) is 17.6 Å². The second-order valence-electron chi connectivity index (χ2n) is 3.56. The molecule has 0 saturated carbocycles. The van der Waals surface area contributed by atoms with Crippen molar-refractivity contribution in [2.75, 3.05) is 6.54 Å². The van der Waals surface area contributed by atoms with E-state index in [9.17, 15) is 0 Å². The van der Waals surface area contributed by atoms with Gasteiger partial charge in [0.05, 0.1) is 0 Å². The van der Waals surface area contributed by atoms with Gasteiger partial charge in [-0.05, 0) is 13.3 Å². The van der Waals surface area contributed by atoms with Crippen molar-refractivity contribution in [1.29, 1.82) is 0 Å². The number of nitrogens with one attached hydrogen (secondary N) is 1.